The second-order valence-electron chi connectivity index (χ2n) is 5.80. The van der Waals surface area contributed by atoms with Crippen LogP contribution in [0.15, 0.2) is 35.2 Å². The van der Waals surface area contributed by atoms with Crippen molar-refractivity contribution >= 4 is 10.8 Å². The highest BCUT2D eigenvalue weighted by atomic mass is 32.2. The van der Waals surface area contributed by atoms with Gasteiger partial charge in [-0.2, -0.15) is 0 Å². The highest BCUT2D eigenvalue weighted by Gasteiger charge is 2.33. The van der Waals surface area contributed by atoms with Gasteiger partial charge in [0.2, 0.25) is 0 Å². The van der Waals surface area contributed by atoms with Crippen LogP contribution in [-0.2, 0) is 10.8 Å². The summed E-state index contributed by atoms with van der Waals surface area (Å²) in [6.45, 7) is 5.48. The second kappa shape index (κ2) is 7.94. The number of rotatable bonds is 6. The monoisotopic (exact) mass is 293 g/mol. The summed E-state index contributed by atoms with van der Waals surface area (Å²) in [7, 11) is -0.888. The minimum atomic E-state index is -0.888. The average molecular weight is 293 g/mol. The van der Waals surface area contributed by atoms with Crippen molar-refractivity contribution in [2.75, 3.05) is 6.54 Å². The molecule has 4 atom stereocenters. The summed E-state index contributed by atoms with van der Waals surface area (Å²) in [5.74, 6) is 0.743. The standard InChI is InChI=1S/C17H27NOS/c1-3-12-18-16-11-10-14(4-2)13-17(16)20(19)15-8-6-5-7-9-15/h5-9,14,16-18H,3-4,10-13H2,1-2H3. The van der Waals surface area contributed by atoms with Gasteiger partial charge in [0.15, 0.2) is 0 Å². The minimum absolute atomic E-state index is 0.266. The quantitative estimate of drug-likeness (QED) is 0.865. The van der Waals surface area contributed by atoms with Crippen LogP contribution in [0.1, 0.15) is 46.0 Å². The van der Waals surface area contributed by atoms with Gasteiger partial charge in [0.25, 0.3) is 0 Å². The van der Waals surface area contributed by atoms with E-state index in [2.05, 4.69) is 19.2 Å². The van der Waals surface area contributed by atoms with Gasteiger partial charge in [-0.3, -0.25) is 4.21 Å². The number of hydrogen-bond acceptors (Lipinski definition) is 2. The van der Waals surface area contributed by atoms with Gasteiger partial charge in [-0.1, -0.05) is 38.5 Å². The average Bonchev–Trinajstić information content (AvgIpc) is 2.53. The van der Waals surface area contributed by atoms with Crippen molar-refractivity contribution in [3.05, 3.63) is 30.3 Å². The van der Waals surface area contributed by atoms with Gasteiger partial charge in [-0.15, -0.1) is 0 Å². The third-order valence-electron chi connectivity index (χ3n) is 4.38. The summed E-state index contributed by atoms with van der Waals surface area (Å²) in [4.78, 5) is 0.984. The number of benzene rings is 1. The lowest BCUT2D eigenvalue weighted by Gasteiger charge is -2.36. The van der Waals surface area contributed by atoms with Crippen LogP contribution in [0.2, 0.25) is 0 Å². The molecule has 0 bridgehead atoms. The van der Waals surface area contributed by atoms with Crippen molar-refractivity contribution < 1.29 is 4.21 Å². The van der Waals surface area contributed by atoms with Crippen LogP contribution in [0.3, 0.4) is 0 Å². The Kier molecular flexibility index (Phi) is 6.24. The van der Waals surface area contributed by atoms with E-state index in [1.54, 1.807) is 0 Å². The normalized spacial score (nSPS) is 28.2. The third-order valence-corrected chi connectivity index (χ3v) is 6.19. The molecule has 0 radical (unpaired) electrons. The zero-order valence-corrected chi connectivity index (χ0v) is 13.5. The molecule has 3 heteroatoms. The van der Waals surface area contributed by atoms with Crippen LogP contribution in [0.25, 0.3) is 0 Å². The Hall–Kier alpha value is -0.670. The molecule has 1 N–H and O–H groups in total. The predicted molar refractivity (Wildman–Crippen MR) is 86.4 cm³/mol. The smallest absolute Gasteiger partial charge is 0.0576 e. The van der Waals surface area contributed by atoms with E-state index in [-0.39, 0.29) is 5.25 Å². The topological polar surface area (TPSA) is 29.1 Å². The molecule has 0 aliphatic heterocycles. The summed E-state index contributed by atoms with van der Waals surface area (Å²) in [6, 6.07) is 10.4. The SMILES string of the molecule is CCCNC1CCC(CC)CC1S(=O)c1ccccc1. The summed E-state index contributed by atoms with van der Waals surface area (Å²) in [5, 5.41) is 3.89. The molecule has 0 aromatic heterocycles. The molecular weight excluding hydrogens is 266 g/mol. The van der Waals surface area contributed by atoms with Gasteiger partial charge < -0.3 is 5.32 Å². The summed E-state index contributed by atoms with van der Waals surface area (Å²) in [6.07, 6.45) is 5.89. The highest BCUT2D eigenvalue weighted by Crippen LogP contribution is 2.32. The van der Waals surface area contributed by atoms with E-state index in [0.29, 0.717) is 6.04 Å². The molecular formula is C17H27NOS. The Bertz CT molecular complexity index is 420. The van der Waals surface area contributed by atoms with Crippen molar-refractivity contribution in [1.82, 2.24) is 5.32 Å². The molecule has 0 heterocycles. The molecule has 0 spiro atoms. The minimum Gasteiger partial charge on any atom is -0.313 e. The van der Waals surface area contributed by atoms with E-state index in [1.807, 2.05) is 30.3 Å². The Labute approximate surface area is 125 Å². The molecule has 2 nitrogen and oxygen atoms in total. The molecule has 2 rings (SSSR count). The third kappa shape index (κ3) is 3.92. The van der Waals surface area contributed by atoms with E-state index < -0.39 is 10.8 Å². The number of hydrogen-bond donors (Lipinski definition) is 1. The molecule has 1 saturated carbocycles. The van der Waals surface area contributed by atoms with Gasteiger partial charge in [-0.05, 0) is 50.3 Å². The van der Waals surface area contributed by atoms with Crippen LogP contribution < -0.4 is 5.32 Å². The Morgan fingerprint density at radius 3 is 2.60 bits per heavy atom. The fraction of sp³-hybridized carbons (Fsp3) is 0.647. The van der Waals surface area contributed by atoms with Gasteiger partial charge in [0, 0.05) is 10.9 Å². The van der Waals surface area contributed by atoms with Crippen molar-refractivity contribution in [2.45, 2.75) is 62.1 Å². The fourth-order valence-corrected chi connectivity index (χ4v) is 4.86. The molecule has 1 aromatic rings. The predicted octanol–water partition coefficient (Wildman–Crippen LogP) is 3.74. The van der Waals surface area contributed by atoms with Crippen LogP contribution in [0.4, 0.5) is 0 Å². The molecule has 20 heavy (non-hydrogen) atoms. The van der Waals surface area contributed by atoms with Crippen molar-refractivity contribution in [3.8, 4) is 0 Å². The zero-order chi connectivity index (χ0) is 14.4. The highest BCUT2D eigenvalue weighted by molar-refractivity contribution is 7.85. The van der Waals surface area contributed by atoms with E-state index in [1.165, 1.54) is 19.3 Å². The second-order valence-corrected chi connectivity index (χ2v) is 7.47. The van der Waals surface area contributed by atoms with E-state index in [9.17, 15) is 4.21 Å². The first-order chi connectivity index (χ1) is 9.76. The van der Waals surface area contributed by atoms with E-state index >= 15 is 0 Å². The first-order valence-electron chi connectivity index (χ1n) is 7.95. The summed E-state index contributed by atoms with van der Waals surface area (Å²) < 4.78 is 12.9. The lowest BCUT2D eigenvalue weighted by atomic mass is 9.84. The van der Waals surface area contributed by atoms with Crippen LogP contribution in [0, 0.1) is 5.92 Å². The van der Waals surface area contributed by atoms with E-state index in [0.717, 1.165) is 30.2 Å². The van der Waals surface area contributed by atoms with Gasteiger partial charge >= 0.3 is 0 Å². The summed E-state index contributed by atoms with van der Waals surface area (Å²) >= 11 is 0. The Balaban J connectivity index is 2.11. The van der Waals surface area contributed by atoms with Gasteiger partial charge in [0.05, 0.1) is 16.0 Å². The Morgan fingerprint density at radius 2 is 1.95 bits per heavy atom. The lowest BCUT2D eigenvalue weighted by Crippen LogP contribution is -2.46. The molecule has 0 amide bonds. The molecule has 4 unspecified atom stereocenters. The lowest BCUT2D eigenvalue weighted by molar-refractivity contribution is 0.292. The first kappa shape index (κ1) is 15.7. The fourth-order valence-electron chi connectivity index (χ4n) is 3.11. The molecule has 1 fully saturated rings. The van der Waals surface area contributed by atoms with Crippen molar-refractivity contribution in [3.63, 3.8) is 0 Å². The Morgan fingerprint density at radius 1 is 1.20 bits per heavy atom. The van der Waals surface area contributed by atoms with Crippen molar-refractivity contribution in [2.24, 2.45) is 5.92 Å². The maximum absolute atomic E-state index is 12.9. The van der Waals surface area contributed by atoms with Gasteiger partial charge in [0.1, 0.15) is 0 Å². The zero-order valence-electron chi connectivity index (χ0n) is 12.7. The van der Waals surface area contributed by atoms with Crippen LogP contribution in [-0.4, -0.2) is 22.0 Å². The molecule has 0 saturated heterocycles. The van der Waals surface area contributed by atoms with E-state index in [4.69, 9.17) is 0 Å². The number of nitrogens with one attached hydrogen (secondary N) is 1. The van der Waals surface area contributed by atoms with Crippen LogP contribution >= 0.6 is 0 Å². The first-order valence-corrected chi connectivity index (χ1v) is 9.16. The van der Waals surface area contributed by atoms with Gasteiger partial charge in [-0.25, -0.2) is 0 Å². The molecule has 1 aliphatic carbocycles. The summed E-state index contributed by atoms with van der Waals surface area (Å²) in [5.41, 5.74) is 0. The molecule has 1 aliphatic rings. The molecule has 1 aromatic carbocycles. The largest absolute Gasteiger partial charge is 0.313 e. The maximum atomic E-state index is 12.9. The van der Waals surface area contributed by atoms with Crippen LogP contribution in [0.5, 0.6) is 0 Å². The molecule has 112 valence electrons. The maximum Gasteiger partial charge on any atom is 0.0576 e. The van der Waals surface area contributed by atoms with Crippen molar-refractivity contribution in [1.29, 1.82) is 0 Å².